The third-order valence-electron chi connectivity index (χ3n) is 2.28. The van der Waals surface area contributed by atoms with E-state index in [-0.39, 0.29) is 16.3 Å². The summed E-state index contributed by atoms with van der Waals surface area (Å²) in [5.41, 5.74) is -0.172. The van der Waals surface area contributed by atoms with Gasteiger partial charge in [-0.05, 0) is 12.1 Å². The van der Waals surface area contributed by atoms with Crippen LogP contribution in [0.5, 0.6) is 11.5 Å². The molecule has 0 fully saturated rings. The standard InChI is InChI=1S/C11H9ClF2O3/c12-7-4-6(9(15)11(13)14)5-8-10(7)17-3-1-2-16-8/h4-5,11H,1-3H2. The van der Waals surface area contributed by atoms with Crippen LogP contribution in [0.15, 0.2) is 12.1 Å². The molecule has 0 amide bonds. The predicted octanol–water partition coefficient (Wildman–Crippen LogP) is 2.95. The summed E-state index contributed by atoms with van der Waals surface area (Å²) in [7, 11) is 0. The van der Waals surface area contributed by atoms with Crippen molar-refractivity contribution in [3.05, 3.63) is 22.7 Å². The molecule has 3 nitrogen and oxygen atoms in total. The van der Waals surface area contributed by atoms with Crippen molar-refractivity contribution < 1.29 is 23.0 Å². The minimum atomic E-state index is -3.06. The molecule has 0 saturated carbocycles. The zero-order valence-corrected chi connectivity index (χ0v) is 9.47. The minimum Gasteiger partial charge on any atom is -0.489 e. The summed E-state index contributed by atoms with van der Waals surface area (Å²) < 4.78 is 35.2. The van der Waals surface area contributed by atoms with Gasteiger partial charge in [-0.25, -0.2) is 8.78 Å². The number of carbonyl (C=O) groups excluding carboxylic acids is 1. The highest BCUT2D eigenvalue weighted by atomic mass is 35.5. The van der Waals surface area contributed by atoms with Gasteiger partial charge in [0, 0.05) is 12.0 Å². The SMILES string of the molecule is O=C(c1cc(Cl)c2c(c1)OCCCO2)C(F)F. The summed E-state index contributed by atoms with van der Waals surface area (Å²) in [6.45, 7) is 0.838. The number of Topliss-reactive ketones (excluding diaryl/α,β-unsaturated/α-hetero) is 1. The van der Waals surface area contributed by atoms with Gasteiger partial charge in [-0.3, -0.25) is 4.79 Å². The fourth-order valence-electron chi connectivity index (χ4n) is 1.50. The third kappa shape index (κ3) is 2.49. The number of alkyl halides is 2. The number of fused-ring (bicyclic) bond motifs is 1. The highest BCUT2D eigenvalue weighted by molar-refractivity contribution is 6.32. The Bertz CT molecular complexity index is 449. The molecule has 1 aliphatic rings. The van der Waals surface area contributed by atoms with Crippen LogP contribution in [0.2, 0.25) is 5.02 Å². The van der Waals surface area contributed by atoms with E-state index in [9.17, 15) is 13.6 Å². The zero-order valence-electron chi connectivity index (χ0n) is 8.71. The lowest BCUT2D eigenvalue weighted by Crippen LogP contribution is -2.10. The van der Waals surface area contributed by atoms with E-state index in [0.29, 0.717) is 25.4 Å². The van der Waals surface area contributed by atoms with Gasteiger partial charge in [0.05, 0.1) is 18.2 Å². The van der Waals surface area contributed by atoms with Crippen molar-refractivity contribution in [2.24, 2.45) is 0 Å². The molecule has 6 heteroatoms. The Kier molecular flexibility index (Phi) is 3.47. The molecular weight excluding hydrogens is 254 g/mol. The first-order valence-corrected chi connectivity index (χ1v) is 5.39. The number of hydrogen-bond acceptors (Lipinski definition) is 3. The molecule has 0 N–H and O–H groups in total. The van der Waals surface area contributed by atoms with Gasteiger partial charge in [-0.15, -0.1) is 0 Å². The number of ether oxygens (including phenoxy) is 2. The van der Waals surface area contributed by atoms with Crippen molar-refractivity contribution in [1.82, 2.24) is 0 Å². The van der Waals surface area contributed by atoms with Crippen molar-refractivity contribution >= 4 is 17.4 Å². The monoisotopic (exact) mass is 262 g/mol. The van der Waals surface area contributed by atoms with Gasteiger partial charge >= 0.3 is 6.43 Å². The van der Waals surface area contributed by atoms with Crippen molar-refractivity contribution in [1.29, 1.82) is 0 Å². The average molecular weight is 263 g/mol. The maximum Gasteiger partial charge on any atom is 0.300 e. The van der Waals surface area contributed by atoms with Crippen molar-refractivity contribution in [2.45, 2.75) is 12.8 Å². The van der Waals surface area contributed by atoms with E-state index in [2.05, 4.69) is 0 Å². The summed E-state index contributed by atoms with van der Waals surface area (Å²) in [6, 6.07) is 2.41. The van der Waals surface area contributed by atoms with Gasteiger partial charge in [0.1, 0.15) is 0 Å². The molecule has 2 rings (SSSR count). The number of ketones is 1. The van der Waals surface area contributed by atoms with Gasteiger partial charge < -0.3 is 9.47 Å². The lowest BCUT2D eigenvalue weighted by atomic mass is 10.1. The Morgan fingerprint density at radius 3 is 2.71 bits per heavy atom. The molecular formula is C11H9ClF2O3. The van der Waals surface area contributed by atoms with Crippen molar-refractivity contribution in [2.75, 3.05) is 13.2 Å². The number of hydrogen-bond donors (Lipinski definition) is 0. The van der Waals surface area contributed by atoms with E-state index in [0.717, 1.165) is 0 Å². The molecule has 1 aliphatic heterocycles. The first-order chi connectivity index (χ1) is 8.09. The number of benzene rings is 1. The van der Waals surface area contributed by atoms with Crippen LogP contribution in [0.3, 0.4) is 0 Å². The van der Waals surface area contributed by atoms with Crippen molar-refractivity contribution in [3.8, 4) is 11.5 Å². The summed E-state index contributed by atoms with van der Waals surface area (Å²) in [5, 5.41) is 0.105. The van der Waals surface area contributed by atoms with Crippen LogP contribution in [0.4, 0.5) is 8.78 Å². The molecule has 1 aromatic carbocycles. The Hall–Kier alpha value is -1.36. The second-order valence-electron chi connectivity index (χ2n) is 3.50. The van der Waals surface area contributed by atoms with Gasteiger partial charge in [-0.1, -0.05) is 11.6 Å². The number of rotatable bonds is 2. The first kappa shape index (κ1) is 12.1. The van der Waals surface area contributed by atoms with E-state index >= 15 is 0 Å². The van der Waals surface area contributed by atoms with E-state index in [1.54, 1.807) is 0 Å². The highest BCUT2D eigenvalue weighted by Gasteiger charge is 2.23. The Balaban J connectivity index is 2.42. The lowest BCUT2D eigenvalue weighted by molar-refractivity contribution is 0.0678. The van der Waals surface area contributed by atoms with E-state index in [1.807, 2.05) is 0 Å². The maximum absolute atomic E-state index is 12.3. The molecule has 0 radical (unpaired) electrons. The molecule has 17 heavy (non-hydrogen) atoms. The normalized spacial score (nSPS) is 14.6. The van der Waals surface area contributed by atoms with Crippen LogP contribution in [-0.4, -0.2) is 25.4 Å². The number of carbonyl (C=O) groups is 1. The molecule has 0 saturated heterocycles. The summed E-state index contributed by atoms with van der Waals surface area (Å²) in [4.78, 5) is 11.2. The molecule has 92 valence electrons. The Morgan fingerprint density at radius 1 is 1.29 bits per heavy atom. The van der Waals surface area contributed by atoms with Crippen LogP contribution < -0.4 is 9.47 Å². The second-order valence-corrected chi connectivity index (χ2v) is 3.91. The molecule has 1 aromatic rings. The Labute approximate surface area is 101 Å². The summed E-state index contributed by atoms with van der Waals surface area (Å²) in [5.74, 6) is -0.739. The average Bonchev–Trinajstić information content (AvgIpc) is 2.53. The molecule has 0 bridgehead atoms. The van der Waals surface area contributed by atoms with Crippen LogP contribution in [-0.2, 0) is 0 Å². The summed E-state index contributed by atoms with van der Waals surface area (Å²) in [6.07, 6.45) is -2.39. The minimum absolute atomic E-state index is 0.105. The molecule has 0 spiro atoms. The van der Waals surface area contributed by atoms with Crippen LogP contribution in [0, 0.1) is 0 Å². The van der Waals surface area contributed by atoms with E-state index < -0.39 is 12.2 Å². The second kappa shape index (κ2) is 4.87. The van der Waals surface area contributed by atoms with E-state index in [1.165, 1.54) is 12.1 Å². The smallest absolute Gasteiger partial charge is 0.300 e. The fraction of sp³-hybridized carbons (Fsp3) is 0.364. The molecule has 0 unspecified atom stereocenters. The first-order valence-electron chi connectivity index (χ1n) is 5.01. The molecule has 0 atom stereocenters. The van der Waals surface area contributed by atoms with Gasteiger partial charge in [0.2, 0.25) is 5.78 Å². The largest absolute Gasteiger partial charge is 0.489 e. The summed E-state index contributed by atoms with van der Waals surface area (Å²) >= 11 is 5.87. The molecule has 0 aromatic heterocycles. The lowest BCUT2D eigenvalue weighted by Gasteiger charge is -2.10. The van der Waals surface area contributed by atoms with Crippen LogP contribution in [0.1, 0.15) is 16.8 Å². The Morgan fingerprint density at radius 2 is 2.00 bits per heavy atom. The predicted molar refractivity (Wildman–Crippen MR) is 57.4 cm³/mol. The highest BCUT2D eigenvalue weighted by Crippen LogP contribution is 2.38. The van der Waals surface area contributed by atoms with E-state index in [4.69, 9.17) is 21.1 Å². The third-order valence-corrected chi connectivity index (χ3v) is 2.57. The molecule has 1 heterocycles. The fourth-order valence-corrected chi connectivity index (χ4v) is 1.76. The van der Waals surface area contributed by atoms with Gasteiger partial charge in [-0.2, -0.15) is 0 Å². The zero-order chi connectivity index (χ0) is 12.4. The maximum atomic E-state index is 12.3. The topological polar surface area (TPSA) is 35.5 Å². The van der Waals surface area contributed by atoms with Crippen LogP contribution >= 0.6 is 11.6 Å². The number of halogens is 3. The van der Waals surface area contributed by atoms with Crippen LogP contribution in [0.25, 0.3) is 0 Å². The molecule has 0 aliphatic carbocycles. The quantitative estimate of drug-likeness (QED) is 0.769. The van der Waals surface area contributed by atoms with Gasteiger partial charge in [0.25, 0.3) is 0 Å². The van der Waals surface area contributed by atoms with Crippen molar-refractivity contribution in [3.63, 3.8) is 0 Å². The van der Waals surface area contributed by atoms with Gasteiger partial charge in [0.15, 0.2) is 11.5 Å².